The zero-order valence-corrected chi connectivity index (χ0v) is 9.92. The van der Waals surface area contributed by atoms with Crippen molar-refractivity contribution in [2.45, 2.75) is 13.3 Å². The summed E-state index contributed by atoms with van der Waals surface area (Å²) in [4.78, 5) is 8.18. The lowest BCUT2D eigenvalue weighted by molar-refractivity contribution is 0.438. The molecular formula is C11H15N5O. The SMILES string of the molecule is CCCNc1cc(Oc2ncn(C)n2)ccn1. The second-order valence-electron chi connectivity index (χ2n) is 3.61. The Bertz CT molecular complexity index is 482. The van der Waals surface area contributed by atoms with Crippen molar-refractivity contribution in [2.24, 2.45) is 7.05 Å². The molecule has 2 aromatic rings. The first kappa shape index (κ1) is 11.4. The minimum Gasteiger partial charge on any atom is -0.423 e. The first-order valence-corrected chi connectivity index (χ1v) is 5.51. The van der Waals surface area contributed by atoms with E-state index in [0.717, 1.165) is 18.8 Å². The molecule has 17 heavy (non-hydrogen) atoms. The summed E-state index contributed by atoms with van der Waals surface area (Å²) < 4.78 is 7.09. The zero-order chi connectivity index (χ0) is 12.1. The molecule has 0 saturated carbocycles. The number of nitrogens with zero attached hydrogens (tertiary/aromatic N) is 4. The molecule has 1 N–H and O–H groups in total. The molecule has 0 unspecified atom stereocenters. The highest BCUT2D eigenvalue weighted by molar-refractivity contribution is 5.41. The molecule has 0 atom stereocenters. The average molecular weight is 233 g/mol. The Morgan fingerprint density at radius 1 is 1.41 bits per heavy atom. The summed E-state index contributed by atoms with van der Waals surface area (Å²) in [6, 6.07) is 3.93. The number of hydrogen-bond acceptors (Lipinski definition) is 5. The van der Waals surface area contributed by atoms with E-state index in [0.29, 0.717) is 11.8 Å². The number of nitrogens with one attached hydrogen (secondary N) is 1. The van der Waals surface area contributed by atoms with Crippen LogP contribution in [0.2, 0.25) is 0 Å². The quantitative estimate of drug-likeness (QED) is 0.853. The second kappa shape index (κ2) is 5.29. The Balaban J connectivity index is 2.05. The van der Waals surface area contributed by atoms with E-state index in [4.69, 9.17) is 4.74 Å². The molecule has 0 fully saturated rings. The fraction of sp³-hybridized carbons (Fsp3) is 0.364. The van der Waals surface area contributed by atoms with Crippen molar-refractivity contribution in [3.63, 3.8) is 0 Å². The summed E-state index contributed by atoms with van der Waals surface area (Å²) in [5, 5.41) is 7.23. The van der Waals surface area contributed by atoms with Gasteiger partial charge in [0.05, 0.1) is 0 Å². The molecule has 0 radical (unpaired) electrons. The van der Waals surface area contributed by atoms with Crippen molar-refractivity contribution < 1.29 is 4.74 Å². The van der Waals surface area contributed by atoms with Gasteiger partial charge in [0.15, 0.2) is 0 Å². The Morgan fingerprint density at radius 2 is 2.29 bits per heavy atom. The number of ether oxygens (including phenoxy) is 1. The van der Waals surface area contributed by atoms with Crippen LogP contribution in [0.15, 0.2) is 24.7 Å². The van der Waals surface area contributed by atoms with Crippen LogP contribution in [0, 0.1) is 0 Å². The van der Waals surface area contributed by atoms with Crippen LogP contribution >= 0.6 is 0 Å². The smallest absolute Gasteiger partial charge is 0.340 e. The summed E-state index contributed by atoms with van der Waals surface area (Å²) in [5.41, 5.74) is 0. The Morgan fingerprint density at radius 3 is 3.00 bits per heavy atom. The number of rotatable bonds is 5. The van der Waals surface area contributed by atoms with Gasteiger partial charge < -0.3 is 10.1 Å². The largest absolute Gasteiger partial charge is 0.423 e. The molecule has 6 nitrogen and oxygen atoms in total. The van der Waals surface area contributed by atoms with Crippen molar-refractivity contribution in [3.05, 3.63) is 24.7 Å². The minimum absolute atomic E-state index is 0.333. The number of pyridine rings is 1. The summed E-state index contributed by atoms with van der Waals surface area (Å²) in [7, 11) is 1.79. The van der Waals surface area contributed by atoms with Gasteiger partial charge in [-0.25, -0.2) is 4.98 Å². The molecule has 0 saturated heterocycles. The van der Waals surface area contributed by atoms with E-state index in [9.17, 15) is 0 Å². The van der Waals surface area contributed by atoms with Crippen LogP contribution in [0.3, 0.4) is 0 Å². The van der Waals surface area contributed by atoms with Gasteiger partial charge in [-0.15, -0.1) is 5.10 Å². The maximum atomic E-state index is 5.50. The molecule has 2 aromatic heterocycles. The van der Waals surface area contributed by atoms with Gasteiger partial charge in [-0.1, -0.05) is 6.92 Å². The molecule has 6 heteroatoms. The van der Waals surface area contributed by atoms with E-state index in [2.05, 4.69) is 27.3 Å². The van der Waals surface area contributed by atoms with Gasteiger partial charge in [-0.2, -0.15) is 4.98 Å². The van der Waals surface area contributed by atoms with E-state index in [-0.39, 0.29) is 0 Å². The van der Waals surface area contributed by atoms with Crippen molar-refractivity contribution in [1.82, 2.24) is 19.7 Å². The molecule has 2 heterocycles. The summed E-state index contributed by atoms with van der Waals surface area (Å²) >= 11 is 0. The van der Waals surface area contributed by atoms with Crippen LogP contribution in [0.5, 0.6) is 11.8 Å². The summed E-state index contributed by atoms with van der Waals surface area (Å²) in [5.74, 6) is 1.46. The third-order valence-electron chi connectivity index (χ3n) is 2.08. The number of aryl methyl sites for hydroxylation is 1. The van der Waals surface area contributed by atoms with Crippen LogP contribution in [0.25, 0.3) is 0 Å². The van der Waals surface area contributed by atoms with Crippen LogP contribution in [-0.2, 0) is 7.05 Å². The average Bonchev–Trinajstić information content (AvgIpc) is 2.73. The number of aromatic nitrogens is 4. The Kier molecular flexibility index (Phi) is 3.54. The highest BCUT2D eigenvalue weighted by Crippen LogP contribution is 2.19. The van der Waals surface area contributed by atoms with E-state index in [1.54, 1.807) is 30.3 Å². The lowest BCUT2D eigenvalue weighted by Crippen LogP contribution is -2.01. The fourth-order valence-corrected chi connectivity index (χ4v) is 1.30. The van der Waals surface area contributed by atoms with Crippen molar-refractivity contribution in [1.29, 1.82) is 0 Å². The fourth-order valence-electron chi connectivity index (χ4n) is 1.30. The third kappa shape index (κ3) is 3.17. The van der Waals surface area contributed by atoms with Gasteiger partial charge in [0.2, 0.25) is 0 Å². The third-order valence-corrected chi connectivity index (χ3v) is 2.08. The van der Waals surface area contributed by atoms with Crippen molar-refractivity contribution in [2.75, 3.05) is 11.9 Å². The topological polar surface area (TPSA) is 64.9 Å². The first-order chi connectivity index (χ1) is 8.28. The van der Waals surface area contributed by atoms with Gasteiger partial charge in [0.25, 0.3) is 0 Å². The molecule has 0 aliphatic rings. The first-order valence-electron chi connectivity index (χ1n) is 5.51. The minimum atomic E-state index is 0.333. The summed E-state index contributed by atoms with van der Waals surface area (Å²) in [6.07, 6.45) is 4.33. The van der Waals surface area contributed by atoms with Gasteiger partial charge in [0.1, 0.15) is 17.9 Å². The van der Waals surface area contributed by atoms with Crippen molar-refractivity contribution in [3.8, 4) is 11.8 Å². The van der Waals surface area contributed by atoms with Gasteiger partial charge >= 0.3 is 6.01 Å². The zero-order valence-electron chi connectivity index (χ0n) is 9.92. The van der Waals surface area contributed by atoms with Crippen molar-refractivity contribution >= 4 is 5.82 Å². The molecule has 0 bridgehead atoms. The Hall–Kier alpha value is -2.11. The molecule has 0 aliphatic heterocycles. The molecule has 0 spiro atoms. The normalized spacial score (nSPS) is 10.2. The second-order valence-corrected chi connectivity index (χ2v) is 3.61. The van der Waals surface area contributed by atoms with Crippen LogP contribution in [0.4, 0.5) is 5.82 Å². The van der Waals surface area contributed by atoms with Crippen LogP contribution < -0.4 is 10.1 Å². The molecule has 0 aromatic carbocycles. The maximum Gasteiger partial charge on any atom is 0.340 e. The monoisotopic (exact) mass is 233 g/mol. The highest BCUT2D eigenvalue weighted by atomic mass is 16.5. The van der Waals surface area contributed by atoms with Crippen LogP contribution in [-0.4, -0.2) is 26.3 Å². The van der Waals surface area contributed by atoms with Gasteiger partial charge in [-0.05, 0) is 12.5 Å². The molecular weight excluding hydrogens is 218 g/mol. The maximum absolute atomic E-state index is 5.50. The van der Waals surface area contributed by atoms with Crippen LogP contribution in [0.1, 0.15) is 13.3 Å². The molecule has 0 aliphatic carbocycles. The number of anilines is 1. The molecule has 0 amide bonds. The lowest BCUT2D eigenvalue weighted by Gasteiger charge is -2.05. The summed E-state index contributed by atoms with van der Waals surface area (Å²) in [6.45, 7) is 2.99. The Labute approximate surface area is 99.7 Å². The lowest BCUT2D eigenvalue weighted by atomic mass is 10.4. The molecule has 2 rings (SSSR count). The highest BCUT2D eigenvalue weighted by Gasteiger charge is 2.03. The van der Waals surface area contributed by atoms with E-state index in [1.807, 2.05) is 6.07 Å². The number of hydrogen-bond donors (Lipinski definition) is 1. The van der Waals surface area contributed by atoms with E-state index >= 15 is 0 Å². The predicted molar refractivity (Wildman–Crippen MR) is 64.1 cm³/mol. The standard InChI is InChI=1S/C11H15N5O/c1-3-5-12-10-7-9(4-6-13-10)17-11-14-8-16(2)15-11/h4,6-8H,3,5H2,1-2H3,(H,12,13). The van der Waals surface area contributed by atoms with Gasteiger partial charge in [-0.3, -0.25) is 4.68 Å². The predicted octanol–water partition coefficient (Wildman–Crippen LogP) is 1.82. The molecule has 90 valence electrons. The van der Waals surface area contributed by atoms with E-state index < -0.39 is 0 Å². The van der Waals surface area contributed by atoms with E-state index in [1.165, 1.54) is 0 Å². The van der Waals surface area contributed by atoms with Gasteiger partial charge in [0, 0.05) is 25.9 Å².